The second kappa shape index (κ2) is 13.9. The Labute approximate surface area is 181 Å². The van der Waals surface area contributed by atoms with Gasteiger partial charge in [0.05, 0.1) is 19.8 Å². The van der Waals surface area contributed by atoms with Gasteiger partial charge in [-0.05, 0) is 37.8 Å². The summed E-state index contributed by atoms with van der Waals surface area (Å²) in [5.74, 6) is -0.378. The summed E-state index contributed by atoms with van der Waals surface area (Å²) >= 11 is 0. The summed E-state index contributed by atoms with van der Waals surface area (Å²) in [6.07, 6.45) is 8.45. The molecule has 4 nitrogen and oxygen atoms in total. The van der Waals surface area contributed by atoms with Gasteiger partial charge in [-0.3, -0.25) is 4.79 Å². The van der Waals surface area contributed by atoms with Crippen LogP contribution in [0.2, 0.25) is 0 Å². The molecule has 1 unspecified atom stereocenters. The van der Waals surface area contributed by atoms with E-state index in [0.717, 1.165) is 32.3 Å². The highest BCUT2D eigenvalue weighted by Crippen LogP contribution is 2.32. The molecule has 0 aromatic heterocycles. The van der Waals surface area contributed by atoms with Gasteiger partial charge in [-0.25, -0.2) is 8.78 Å². The van der Waals surface area contributed by atoms with Gasteiger partial charge in [0.1, 0.15) is 11.5 Å². The lowest BCUT2D eigenvalue weighted by molar-refractivity contribution is -0.141. The largest absolute Gasteiger partial charge is 0.379 e. The van der Waals surface area contributed by atoms with Crippen LogP contribution in [-0.2, 0) is 14.3 Å². The summed E-state index contributed by atoms with van der Waals surface area (Å²) in [4.78, 5) is 14.8. The Hall–Kier alpha value is -1.27. The van der Waals surface area contributed by atoms with Crippen molar-refractivity contribution in [2.75, 3.05) is 39.5 Å². The number of unbranched alkanes of at least 4 members (excludes halogenated alkanes) is 1. The molecule has 1 rings (SSSR count). The van der Waals surface area contributed by atoms with Gasteiger partial charge in [-0.1, -0.05) is 46.6 Å². The van der Waals surface area contributed by atoms with E-state index in [1.807, 2.05) is 13.8 Å². The number of hydrogen-bond acceptors (Lipinski definition) is 3. The van der Waals surface area contributed by atoms with Crippen LogP contribution in [0.15, 0.2) is 24.1 Å². The van der Waals surface area contributed by atoms with Gasteiger partial charge in [0.25, 0.3) is 0 Å². The predicted molar refractivity (Wildman–Crippen MR) is 118 cm³/mol. The molecule has 1 atom stereocenters. The lowest BCUT2D eigenvalue weighted by Crippen LogP contribution is -2.43. The van der Waals surface area contributed by atoms with E-state index in [9.17, 15) is 13.6 Å². The van der Waals surface area contributed by atoms with Gasteiger partial charge in [-0.2, -0.15) is 0 Å². The minimum Gasteiger partial charge on any atom is -0.379 e. The molecule has 0 saturated heterocycles. The molecule has 0 saturated carbocycles. The highest BCUT2D eigenvalue weighted by Gasteiger charge is 2.33. The van der Waals surface area contributed by atoms with Crippen molar-refractivity contribution in [3.63, 3.8) is 0 Å². The van der Waals surface area contributed by atoms with Crippen LogP contribution in [0.4, 0.5) is 8.78 Å². The van der Waals surface area contributed by atoms with Crippen LogP contribution in [0.25, 0.3) is 0 Å². The molecule has 30 heavy (non-hydrogen) atoms. The smallest absolute Gasteiger partial charge is 0.228 e. The fraction of sp³-hybridized carbons (Fsp3) is 0.792. The Kier molecular flexibility index (Phi) is 12.4. The Morgan fingerprint density at radius 1 is 1.10 bits per heavy atom. The lowest BCUT2D eigenvalue weighted by atomic mass is 9.86. The van der Waals surface area contributed by atoms with Crippen LogP contribution in [-0.4, -0.2) is 56.0 Å². The molecule has 1 amide bonds. The summed E-state index contributed by atoms with van der Waals surface area (Å²) in [5, 5.41) is 0. The van der Waals surface area contributed by atoms with Gasteiger partial charge in [0.2, 0.25) is 5.91 Å². The maximum absolute atomic E-state index is 14.8. The first-order valence-electron chi connectivity index (χ1n) is 11.4. The molecular formula is C24H41F2NO3. The van der Waals surface area contributed by atoms with Gasteiger partial charge in [0, 0.05) is 31.5 Å². The number of alkyl halides is 1. The molecule has 1 aliphatic carbocycles. The van der Waals surface area contributed by atoms with Crippen LogP contribution in [0.1, 0.15) is 72.6 Å². The van der Waals surface area contributed by atoms with E-state index < -0.39 is 16.9 Å². The van der Waals surface area contributed by atoms with E-state index >= 15 is 0 Å². The first kappa shape index (κ1) is 26.8. The number of carbonyl (C=O) groups excluding carboxylic acids is 1. The Morgan fingerprint density at radius 2 is 1.80 bits per heavy atom. The molecule has 0 fully saturated rings. The number of nitrogens with zero attached hydrogens (tertiary/aromatic N) is 1. The van der Waals surface area contributed by atoms with E-state index in [1.165, 1.54) is 18.2 Å². The zero-order valence-electron chi connectivity index (χ0n) is 19.4. The maximum atomic E-state index is 14.8. The third kappa shape index (κ3) is 10.2. The summed E-state index contributed by atoms with van der Waals surface area (Å²) in [5.41, 5.74) is -2.14. The number of allylic oxidation sites excluding steroid dienone is 4. The average Bonchev–Trinajstić information content (AvgIpc) is 2.67. The minimum atomic E-state index is -1.67. The number of ether oxygens (including phenoxy) is 2. The number of carbonyl (C=O) groups is 1. The highest BCUT2D eigenvalue weighted by atomic mass is 19.1. The molecule has 174 valence electrons. The van der Waals surface area contributed by atoms with Gasteiger partial charge in [-0.15, -0.1) is 0 Å². The summed E-state index contributed by atoms with van der Waals surface area (Å²) in [6.45, 7) is 11.2. The quantitative estimate of drug-likeness (QED) is 0.292. The molecule has 6 heteroatoms. The third-order valence-corrected chi connectivity index (χ3v) is 5.42. The average molecular weight is 430 g/mol. The standard InChI is InChI=1S/C24H41F2NO3/c1-5-7-16-29-18-19-30-17-15-27(22(28)23(3,4)11-6-2)14-9-13-24(26)12-8-10-21(25)20-24/h8,10,12H,5-7,9,11,13-20H2,1-4H3. The molecule has 1 aliphatic rings. The van der Waals surface area contributed by atoms with Crippen LogP contribution in [0, 0.1) is 5.41 Å². The first-order valence-corrected chi connectivity index (χ1v) is 11.4. The van der Waals surface area contributed by atoms with Gasteiger partial charge in [0.15, 0.2) is 0 Å². The monoisotopic (exact) mass is 429 g/mol. The molecule has 0 aliphatic heterocycles. The Bertz CT molecular complexity index is 563. The second-order valence-electron chi connectivity index (χ2n) is 8.79. The molecular weight excluding hydrogens is 388 g/mol. The van der Waals surface area contributed by atoms with Gasteiger partial charge >= 0.3 is 0 Å². The molecule has 0 bridgehead atoms. The van der Waals surface area contributed by atoms with E-state index in [4.69, 9.17) is 9.47 Å². The van der Waals surface area contributed by atoms with Crippen molar-refractivity contribution in [1.82, 2.24) is 4.90 Å². The number of halogens is 2. The first-order chi connectivity index (χ1) is 14.2. The van der Waals surface area contributed by atoms with E-state index in [0.29, 0.717) is 39.3 Å². The fourth-order valence-corrected chi connectivity index (χ4v) is 3.68. The Morgan fingerprint density at radius 3 is 2.43 bits per heavy atom. The van der Waals surface area contributed by atoms with Crippen LogP contribution < -0.4 is 0 Å². The zero-order valence-corrected chi connectivity index (χ0v) is 19.4. The van der Waals surface area contributed by atoms with Crippen molar-refractivity contribution >= 4 is 5.91 Å². The minimum absolute atomic E-state index is 0.0605. The maximum Gasteiger partial charge on any atom is 0.228 e. The molecule has 0 heterocycles. The summed E-state index contributed by atoms with van der Waals surface area (Å²) in [6, 6.07) is 0. The van der Waals surface area contributed by atoms with E-state index in [2.05, 4.69) is 13.8 Å². The highest BCUT2D eigenvalue weighted by molar-refractivity contribution is 5.81. The van der Waals surface area contributed by atoms with Crippen LogP contribution in [0.3, 0.4) is 0 Å². The molecule has 0 N–H and O–H groups in total. The van der Waals surface area contributed by atoms with Crippen molar-refractivity contribution in [3.8, 4) is 0 Å². The van der Waals surface area contributed by atoms with Gasteiger partial charge < -0.3 is 14.4 Å². The summed E-state index contributed by atoms with van der Waals surface area (Å²) < 4.78 is 39.4. The van der Waals surface area contributed by atoms with Crippen molar-refractivity contribution in [3.05, 3.63) is 24.1 Å². The van der Waals surface area contributed by atoms with Crippen molar-refractivity contribution in [2.45, 2.75) is 78.3 Å². The molecule has 0 radical (unpaired) electrons. The molecule has 0 aromatic rings. The van der Waals surface area contributed by atoms with Crippen molar-refractivity contribution in [2.24, 2.45) is 5.41 Å². The SMILES string of the molecule is CCCCOCCOCCN(CCCC1(F)C=CC=C(F)C1)C(=O)C(C)(C)CCC. The fourth-order valence-electron chi connectivity index (χ4n) is 3.68. The third-order valence-electron chi connectivity index (χ3n) is 5.42. The lowest BCUT2D eigenvalue weighted by Gasteiger charge is -2.33. The van der Waals surface area contributed by atoms with Crippen molar-refractivity contribution in [1.29, 1.82) is 0 Å². The topological polar surface area (TPSA) is 38.8 Å². The number of hydrogen-bond donors (Lipinski definition) is 0. The Balaban J connectivity index is 2.51. The van der Waals surface area contributed by atoms with E-state index in [-0.39, 0.29) is 18.7 Å². The normalized spacial score (nSPS) is 19.1. The van der Waals surface area contributed by atoms with Crippen LogP contribution >= 0.6 is 0 Å². The summed E-state index contributed by atoms with van der Waals surface area (Å²) in [7, 11) is 0. The number of amides is 1. The van der Waals surface area contributed by atoms with Crippen molar-refractivity contribution < 1.29 is 23.0 Å². The second-order valence-corrected chi connectivity index (χ2v) is 8.79. The van der Waals surface area contributed by atoms with E-state index in [1.54, 1.807) is 4.90 Å². The molecule has 0 spiro atoms. The zero-order chi connectivity index (χ0) is 22.5. The number of rotatable bonds is 16. The van der Waals surface area contributed by atoms with Crippen LogP contribution in [0.5, 0.6) is 0 Å². The predicted octanol–water partition coefficient (Wildman–Crippen LogP) is 5.78. The molecule has 0 aromatic carbocycles.